The van der Waals surface area contributed by atoms with Crippen molar-refractivity contribution in [1.29, 1.82) is 0 Å². The number of carbonyl (C=O) groups is 1. The van der Waals surface area contributed by atoms with E-state index in [9.17, 15) is 4.79 Å². The Morgan fingerprint density at radius 2 is 2.00 bits per heavy atom. The van der Waals surface area contributed by atoms with Crippen LogP contribution in [-0.2, 0) is 9.53 Å². The molecule has 2 heteroatoms. The zero-order valence-electron chi connectivity index (χ0n) is 9.96. The first-order valence-electron chi connectivity index (χ1n) is 5.48. The summed E-state index contributed by atoms with van der Waals surface area (Å²) in [5, 5.41) is 0. The van der Waals surface area contributed by atoms with Crippen molar-refractivity contribution in [2.75, 3.05) is 6.61 Å². The average Bonchev–Trinajstić information content (AvgIpc) is 2.26. The number of carbonyl (C=O) groups excluding carboxylic acids is 1. The second kappa shape index (κ2) is 3.92. The van der Waals surface area contributed by atoms with Gasteiger partial charge in [-0.1, -0.05) is 27.7 Å². The summed E-state index contributed by atoms with van der Waals surface area (Å²) in [4.78, 5) is 10.7. The van der Waals surface area contributed by atoms with Gasteiger partial charge in [-0.2, -0.15) is 0 Å². The van der Waals surface area contributed by atoms with Gasteiger partial charge in [0.25, 0.3) is 0 Å². The van der Waals surface area contributed by atoms with Crippen LogP contribution in [0.25, 0.3) is 0 Å². The molecule has 0 heterocycles. The fraction of sp³-hybridized carbons (Fsp3) is 0.917. The molecule has 14 heavy (non-hydrogen) atoms. The molecule has 1 aliphatic rings. The van der Waals surface area contributed by atoms with Crippen molar-refractivity contribution in [2.24, 2.45) is 23.2 Å². The number of rotatable bonds is 2. The van der Waals surface area contributed by atoms with Crippen LogP contribution in [-0.4, -0.2) is 12.6 Å². The fourth-order valence-electron chi connectivity index (χ4n) is 2.60. The first-order chi connectivity index (χ1) is 6.34. The minimum atomic E-state index is -0.158. The van der Waals surface area contributed by atoms with Gasteiger partial charge < -0.3 is 4.74 Å². The smallest absolute Gasteiger partial charge is 0.302 e. The lowest BCUT2D eigenvalue weighted by atomic mass is 9.81. The minimum absolute atomic E-state index is 0.158. The van der Waals surface area contributed by atoms with E-state index < -0.39 is 0 Å². The molecule has 0 aliphatic heterocycles. The van der Waals surface area contributed by atoms with E-state index in [1.807, 2.05) is 0 Å². The summed E-state index contributed by atoms with van der Waals surface area (Å²) < 4.78 is 5.10. The molecule has 0 bridgehead atoms. The molecule has 0 radical (unpaired) electrons. The molecule has 3 atom stereocenters. The van der Waals surface area contributed by atoms with E-state index in [2.05, 4.69) is 27.7 Å². The van der Waals surface area contributed by atoms with Crippen molar-refractivity contribution >= 4 is 5.97 Å². The highest BCUT2D eigenvalue weighted by molar-refractivity contribution is 5.65. The van der Waals surface area contributed by atoms with Gasteiger partial charge in [-0.25, -0.2) is 0 Å². The van der Waals surface area contributed by atoms with Gasteiger partial charge in [-0.3, -0.25) is 4.79 Å². The predicted molar refractivity (Wildman–Crippen MR) is 56.8 cm³/mol. The van der Waals surface area contributed by atoms with E-state index in [0.29, 0.717) is 29.8 Å². The van der Waals surface area contributed by atoms with Gasteiger partial charge in [0, 0.05) is 6.92 Å². The van der Waals surface area contributed by atoms with E-state index in [4.69, 9.17) is 4.74 Å². The molecule has 0 aromatic heterocycles. The van der Waals surface area contributed by atoms with E-state index in [0.717, 1.165) is 0 Å². The zero-order valence-corrected chi connectivity index (χ0v) is 9.96. The number of hydrogen-bond acceptors (Lipinski definition) is 2. The van der Waals surface area contributed by atoms with Gasteiger partial charge >= 0.3 is 5.97 Å². The quantitative estimate of drug-likeness (QED) is 0.638. The molecule has 0 saturated heterocycles. The van der Waals surface area contributed by atoms with Crippen molar-refractivity contribution in [1.82, 2.24) is 0 Å². The van der Waals surface area contributed by atoms with Crippen LogP contribution in [0.2, 0.25) is 0 Å². The van der Waals surface area contributed by atoms with Crippen LogP contribution >= 0.6 is 0 Å². The summed E-state index contributed by atoms with van der Waals surface area (Å²) in [6, 6.07) is 0. The Hall–Kier alpha value is -0.530. The molecular weight excluding hydrogens is 176 g/mol. The second-order valence-electron chi connectivity index (χ2n) is 5.40. The van der Waals surface area contributed by atoms with Crippen LogP contribution in [0.15, 0.2) is 0 Å². The molecule has 1 aliphatic carbocycles. The largest absolute Gasteiger partial charge is 0.466 e. The number of esters is 1. The lowest BCUT2D eigenvalue weighted by Crippen LogP contribution is -2.18. The Balaban J connectivity index is 2.53. The third-order valence-electron chi connectivity index (χ3n) is 4.05. The lowest BCUT2D eigenvalue weighted by Gasteiger charge is -2.25. The molecular formula is C12H22O2. The van der Waals surface area contributed by atoms with Crippen molar-refractivity contribution in [2.45, 2.75) is 41.0 Å². The Labute approximate surface area is 87.0 Å². The van der Waals surface area contributed by atoms with Gasteiger partial charge in [-0.05, 0) is 29.6 Å². The third-order valence-corrected chi connectivity index (χ3v) is 4.05. The molecule has 2 nitrogen and oxygen atoms in total. The van der Waals surface area contributed by atoms with Crippen LogP contribution in [0.5, 0.6) is 0 Å². The Kier molecular flexibility index (Phi) is 3.23. The molecule has 0 spiro atoms. The van der Waals surface area contributed by atoms with E-state index in [1.54, 1.807) is 0 Å². The van der Waals surface area contributed by atoms with Crippen LogP contribution < -0.4 is 0 Å². The number of hydrogen-bond donors (Lipinski definition) is 0. The topological polar surface area (TPSA) is 26.3 Å². The van der Waals surface area contributed by atoms with Crippen LogP contribution in [0.4, 0.5) is 0 Å². The summed E-state index contributed by atoms with van der Waals surface area (Å²) >= 11 is 0. The van der Waals surface area contributed by atoms with Crippen molar-refractivity contribution in [3.8, 4) is 0 Å². The molecule has 0 amide bonds. The van der Waals surface area contributed by atoms with Crippen molar-refractivity contribution < 1.29 is 9.53 Å². The standard InChI is InChI=1S/C12H22O2/c1-8-9(2)12(4,5)6-11(8)7-14-10(3)13/h8-9,11H,6-7H2,1-5H3. The first kappa shape index (κ1) is 11.5. The molecule has 1 saturated carbocycles. The fourth-order valence-corrected chi connectivity index (χ4v) is 2.60. The van der Waals surface area contributed by atoms with Gasteiger partial charge in [0.15, 0.2) is 0 Å². The maximum atomic E-state index is 10.7. The molecule has 3 unspecified atom stereocenters. The summed E-state index contributed by atoms with van der Waals surface area (Å²) in [7, 11) is 0. The summed E-state index contributed by atoms with van der Waals surface area (Å²) in [5.41, 5.74) is 0.393. The maximum Gasteiger partial charge on any atom is 0.302 e. The summed E-state index contributed by atoms with van der Waals surface area (Å²) in [6.07, 6.45) is 1.17. The van der Waals surface area contributed by atoms with Gasteiger partial charge in [0.05, 0.1) is 6.61 Å². The molecule has 0 aromatic rings. The first-order valence-corrected chi connectivity index (χ1v) is 5.48. The van der Waals surface area contributed by atoms with E-state index in [1.165, 1.54) is 13.3 Å². The Morgan fingerprint density at radius 1 is 1.43 bits per heavy atom. The van der Waals surface area contributed by atoms with Crippen LogP contribution in [0.3, 0.4) is 0 Å². The molecule has 82 valence electrons. The number of ether oxygens (including phenoxy) is 1. The lowest BCUT2D eigenvalue weighted by molar-refractivity contribution is -0.142. The summed E-state index contributed by atoms with van der Waals surface area (Å²) in [6.45, 7) is 11.3. The maximum absolute atomic E-state index is 10.7. The Morgan fingerprint density at radius 3 is 2.36 bits per heavy atom. The monoisotopic (exact) mass is 198 g/mol. The SMILES string of the molecule is CC(=O)OCC1CC(C)(C)C(C)C1C. The highest BCUT2D eigenvalue weighted by Crippen LogP contribution is 2.49. The van der Waals surface area contributed by atoms with Gasteiger partial charge in [-0.15, -0.1) is 0 Å². The molecule has 1 rings (SSSR count). The molecule has 1 fully saturated rings. The van der Waals surface area contributed by atoms with Crippen molar-refractivity contribution in [3.63, 3.8) is 0 Å². The third kappa shape index (κ3) is 2.28. The highest BCUT2D eigenvalue weighted by atomic mass is 16.5. The summed E-state index contributed by atoms with van der Waals surface area (Å²) in [5.74, 6) is 1.76. The molecule has 0 N–H and O–H groups in total. The zero-order chi connectivity index (χ0) is 10.9. The predicted octanol–water partition coefficient (Wildman–Crippen LogP) is 2.87. The minimum Gasteiger partial charge on any atom is -0.466 e. The molecule has 0 aromatic carbocycles. The van der Waals surface area contributed by atoms with E-state index in [-0.39, 0.29) is 5.97 Å². The Bertz CT molecular complexity index is 220. The average molecular weight is 198 g/mol. The van der Waals surface area contributed by atoms with Crippen LogP contribution in [0.1, 0.15) is 41.0 Å². The van der Waals surface area contributed by atoms with Gasteiger partial charge in [0.1, 0.15) is 0 Å². The normalized spacial score (nSPS) is 35.6. The van der Waals surface area contributed by atoms with E-state index >= 15 is 0 Å². The van der Waals surface area contributed by atoms with Gasteiger partial charge in [0.2, 0.25) is 0 Å². The second-order valence-corrected chi connectivity index (χ2v) is 5.40. The highest BCUT2D eigenvalue weighted by Gasteiger charge is 2.43. The van der Waals surface area contributed by atoms with Crippen molar-refractivity contribution in [3.05, 3.63) is 0 Å². The van der Waals surface area contributed by atoms with Crippen LogP contribution in [0, 0.1) is 23.2 Å².